The highest BCUT2D eigenvalue weighted by atomic mass is 32.2. The first-order valence-corrected chi connectivity index (χ1v) is 10.3. The van der Waals surface area contributed by atoms with Crippen molar-refractivity contribution in [1.82, 2.24) is 4.72 Å². The van der Waals surface area contributed by atoms with Gasteiger partial charge >= 0.3 is 0 Å². The third-order valence-corrected chi connectivity index (χ3v) is 5.47. The number of unbranched alkanes of at least 4 members (excludes halogenated alkanes) is 1. The van der Waals surface area contributed by atoms with Crippen LogP contribution in [0.4, 0.5) is 5.69 Å². The van der Waals surface area contributed by atoms with Crippen LogP contribution >= 0.6 is 0 Å². The lowest BCUT2D eigenvalue weighted by Crippen LogP contribution is -2.32. The minimum Gasteiger partial charge on any atom is -0.308 e. The molecule has 0 unspecified atom stereocenters. The Morgan fingerprint density at radius 3 is 2.37 bits per heavy atom. The molecule has 0 bridgehead atoms. The summed E-state index contributed by atoms with van der Waals surface area (Å²) in [6.07, 6.45) is 1.93. The second-order valence-electron chi connectivity index (χ2n) is 5.98. The van der Waals surface area contributed by atoms with Gasteiger partial charge in [0.2, 0.25) is 10.0 Å². The molecule has 0 spiro atoms. The summed E-state index contributed by atoms with van der Waals surface area (Å²) in [4.78, 5) is 14.7. The van der Waals surface area contributed by atoms with Crippen molar-refractivity contribution in [3.05, 3.63) is 60.2 Å². The highest BCUT2D eigenvalue weighted by molar-refractivity contribution is 7.89. The summed E-state index contributed by atoms with van der Waals surface area (Å²) in [5.41, 5.74) is 1.23. The van der Waals surface area contributed by atoms with Crippen LogP contribution in [0.25, 0.3) is 0 Å². The van der Waals surface area contributed by atoms with Gasteiger partial charge in [0.15, 0.2) is 0 Å². The van der Waals surface area contributed by atoms with Gasteiger partial charge in [0, 0.05) is 30.8 Å². The van der Waals surface area contributed by atoms with E-state index in [0.717, 1.165) is 18.5 Å². The Labute approximate surface area is 160 Å². The van der Waals surface area contributed by atoms with E-state index in [0.29, 0.717) is 12.1 Å². The number of nitrogens with zero attached hydrogens (tertiary/aromatic N) is 2. The van der Waals surface area contributed by atoms with E-state index >= 15 is 0 Å². The quantitative estimate of drug-likeness (QED) is 0.671. The molecule has 0 saturated carbocycles. The fourth-order valence-corrected chi connectivity index (χ4v) is 3.56. The van der Waals surface area contributed by atoms with Gasteiger partial charge < -0.3 is 4.90 Å². The molecule has 1 N–H and O–H groups in total. The Morgan fingerprint density at radius 1 is 1.11 bits per heavy atom. The highest BCUT2D eigenvalue weighted by Crippen LogP contribution is 2.19. The molecular weight excluding hydrogens is 362 g/mol. The summed E-state index contributed by atoms with van der Waals surface area (Å²) >= 11 is 0. The van der Waals surface area contributed by atoms with E-state index < -0.39 is 10.0 Å². The highest BCUT2D eigenvalue weighted by Gasteiger charge is 2.19. The Kier molecular flexibility index (Phi) is 7.53. The van der Waals surface area contributed by atoms with Crippen molar-refractivity contribution in [2.75, 3.05) is 18.0 Å². The van der Waals surface area contributed by atoms with Crippen molar-refractivity contribution >= 4 is 21.6 Å². The maximum absolute atomic E-state index is 12.9. The van der Waals surface area contributed by atoms with Crippen LogP contribution in [-0.2, 0) is 10.0 Å². The average molecular weight is 385 g/mol. The topological polar surface area (TPSA) is 90.3 Å². The molecule has 1 amide bonds. The third-order valence-electron chi connectivity index (χ3n) is 3.99. The van der Waals surface area contributed by atoms with Crippen LogP contribution < -0.4 is 9.62 Å². The molecule has 0 aliphatic carbocycles. The second-order valence-corrected chi connectivity index (χ2v) is 7.74. The SMILES string of the molecule is CCCCN(C(=O)c1ccc(S(=O)(=O)NCCC#N)cc1)c1ccccc1. The van der Waals surface area contributed by atoms with Crippen LogP contribution in [0.1, 0.15) is 36.5 Å². The van der Waals surface area contributed by atoms with E-state index in [-0.39, 0.29) is 23.8 Å². The number of nitrogens with one attached hydrogen (secondary N) is 1. The van der Waals surface area contributed by atoms with Crippen molar-refractivity contribution in [1.29, 1.82) is 5.26 Å². The number of benzene rings is 2. The predicted molar refractivity (Wildman–Crippen MR) is 105 cm³/mol. The predicted octanol–water partition coefficient (Wildman–Crippen LogP) is 3.33. The molecule has 0 heterocycles. The number of carbonyl (C=O) groups is 1. The van der Waals surface area contributed by atoms with Crippen LogP contribution in [-0.4, -0.2) is 27.4 Å². The normalized spacial score (nSPS) is 11.0. The summed E-state index contributed by atoms with van der Waals surface area (Å²) in [7, 11) is -3.69. The first kappa shape index (κ1) is 20.6. The molecule has 2 aromatic carbocycles. The minimum absolute atomic E-state index is 0.0539. The Morgan fingerprint density at radius 2 is 1.78 bits per heavy atom. The van der Waals surface area contributed by atoms with Gasteiger partial charge in [-0.15, -0.1) is 0 Å². The number of hydrogen-bond donors (Lipinski definition) is 1. The van der Waals surface area contributed by atoms with Gasteiger partial charge in [0.05, 0.1) is 11.0 Å². The van der Waals surface area contributed by atoms with Gasteiger partial charge in [-0.2, -0.15) is 5.26 Å². The second kappa shape index (κ2) is 9.86. The Bertz CT molecular complexity index is 888. The van der Waals surface area contributed by atoms with Crippen LogP contribution in [0.15, 0.2) is 59.5 Å². The molecular formula is C20H23N3O3S. The smallest absolute Gasteiger partial charge is 0.258 e. The monoisotopic (exact) mass is 385 g/mol. The molecule has 6 nitrogen and oxygen atoms in total. The summed E-state index contributed by atoms with van der Waals surface area (Å²) < 4.78 is 26.7. The summed E-state index contributed by atoms with van der Waals surface area (Å²) in [5, 5.41) is 8.51. The number of hydrogen-bond acceptors (Lipinski definition) is 4. The zero-order valence-corrected chi connectivity index (χ0v) is 16.1. The zero-order valence-electron chi connectivity index (χ0n) is 15.3. The number of carbonyl (C=O) groups excluding carboxylic acids is 1. The molecule has 0 aliphatic rings. The maximum Gasteiger partial charge on any atom is 0.258 e. The van der Waals surface area contributed by atoms with Gasteiger partial charge in [0.25, 0.3) is 5.91 Å². The van der Waals surface area contributed by atoms with Crippen molar-refractivity contribution in [2.45, 2.75) is 31.1 Å². The summed E-state index contributed by atoms with van der Waals surface area (Å²) in [5.74, 6) is -0.170. The number of anilines is 1. The van der Waals surface area contributed by atoms with E-state index in [9.17, 15) is 13.2 Å². The van der Waals surface area contributed by atoms with E-state index in [1.54, 1.807) is 4.90 Å². The van der Waals surface area contributed by atoms with Gasteiger partial charge in [0.1, 0.15) is 0 Å². The molecule has 27 heavy (non-hydrogen) atoms. The summed E-state index contributed by atoms with van der Waals surface area (Å²) in [6, 6.07) is 17.1. The first-order chi connectivity index (χ1) is 13.0. The molecule has 0 atom stereocenters. The standard InChI is InChI=1S/C20H23N3O3S/c1-2-3-16-23(18-8-5-4-6-9-18)20(24)17-10-12-19(13-11-17)27(25,26)22-15-7-14-21/h4-6,8-13,22H,2-3,7,15-16H2,1H3. The van der Waals surface area contributed by atoms with Crippen molar-refractivity contribution < 1.29 is 13.2 Å². The van der Waals surface area contributed by atoms with Crippen LogP contribution in [0.5, 0.6) is 0 Å². The van der Waals surface area contributed by atoms with E-state index in [1.807, 2.05) is 36.4 Å². The van der Waals surface area contributed by atoms with Gasteiger partial charge in [-0.3, -0.25) is 4.79 Å². The van der Waals surface area contributed by atoms with E-state index in [2.05, 4.69) is 11.6 Å². The lowest BCUT2D eigenvalue weighted by Gasteiger charge is -2.23. The molecule has 142 valence electrons. The number of para-hydroxylation sites is 1. The lowest BCUT2D eigenvalue weighted by molar-refractivity contribution is 0.0986. The summed E-state index contributed by atoms with van der Waals surface area (Å²) in [6.45, 7) is 2.71. The molecule has 0 saturated heterocycles. The molecule has 7 heteroatoms. The molecule has 0 radical (unpaired) electrons. The van der Waals surface area contributed by atoms with Gasteiger partial charge in [-0.1, -0.05) is 31.5 Å². The van der Waals surface area contributed by atoms with Crippen LogP contribution in [0, 0.1) is 11.3 Å². The maximum atomic E-state index is 12.9. The average Bonchev–Trinajstić information content (AvgIpc) is 2.69. The fraction of sp³-hybridized carbons (Fsp3) is 0.300. The molecule has 0 fully saturated rings. The van der Waals surface area contributed by atoms with Gasteiger partial charge in [-0.25, -0.2) is 13.1 Å². The third kappa shape index (κ3) is 5.64. The molecule has 0 aliphatic heterocycles. The van der Waals surface area contributed by atoms with Gasteiger partial charge in [-0.05, 0) is 42.8 Å². The number of rotatable bonds is 9. The number of nitriles is 1. The number of amides is 1. The van der Waals surface area contributed by atoms with E-state index in [1.165, 1.54) is 24.3 Å². The first-order valence-electron chi connectivity index (χ1n) is 8.83. The molecule has 0 aromatic heterocycles. The van der Waals surface area contributed by atoms with Crippen LogP contribution in [0.3, 0.4) is 0 Å². The Balaban J connectivity index is 2.21. The van der Waals surface area contributed by atoms with Crippen molar-refractivity contribution in [3.63, 3.8) is 0 Å². The van der Waals surface area contributed by atoms with E-state index in [4.69, 9.17) is 5.26 Å². The van der Waals surface area contributed by atoms with Crippen molar-refractivity contribution in [2.24, 2.45) is 0 Å². The number of sulfonamides is 1. The van der Waals surface area contributed by atoms with Crippen LogP contribution in [0.2, 0.25) is 0 Å². The van der Waals surface area contributed by atoms with Crippen molar-refractivity contribution in [3.8, 4) is 6.07 Å². The molecule has 2 aromatic rings. The fourth-order valence-electron chi connectivity index (χ4n) is 2.53. The minimum atomic E-state index is -3.69. The largest absolute Gasteiger partial charge is 0.308 e. The molecule has 2 rings (SSSR count). The zero-order chi connectivity index (χ0) is 19.7. The lowest BCUT2D eigenvalue weighted by atomic mass is 10.1. The Hall–Kier alpha value is -2.69.